The van der Waals surface area contributed by atoms with Gasteiger partial charge in [0, 0.05) is 18.6 Å². The van der Waals surface area contributed by atoms with E-state index < -0.39 is 11.2 Å². The third kappa shape index (κ3) is 1.99. The molecule has 1 saturated heterocycles. The zero-order valence-corrected chi connectivity index (χ0v) is 9.35. The highest BCUT2D eigenvalue weighted by Crippen LogP contribution is 2.36. The number of halogens is 3. The molecule has 0 amide bonds. The van der Waals surface area contributed by atoms with Gasteiger partial charge in [-0.2, -0.15) is 13.2 Å². The maximum absolute atomic E-state index is 12.3. The van der Waals surface area contributed by atoms with E-state index in [1.165, 1.54) is 0 Å². The van der Waals surface area contributed by atoms with Gasteiger partial charge < -0.3 is 10.6 Å². The van der Waals surface area contributed by atoms with E-state index in [0.717, 1.165) is 6.42 Å². The summed E-state index contributed by atoms with van der Waals surface area (Å²) >= 11 is 0.566. The van der Waals surface area contributed by atoms with Gasteiger partial charge in [0.2, 0.25) is 10.1 Å². The van der Waals surface area contributed by atoms with Crippen LogP contribution in [0.4, 0.5) is 18.3 Å². The third-order valence-electron chi connectivity index (χ3n) is 2.72. The molecule has 2 atom stereocenters. The SMILES string of the molecule is CC1C(N)CCN1c1nnc(C(F)(F)F)s1. The fourth-order valence-electron chi connectivity index (χ4n) is 1.68. The Hall–Kier alpha value is -0.890. The Balaban J connectivity index is 2.20. The van der Waals surface area contributed by atoms with Gasteiger partial charge in [0.15, 0.2) is 0 Å². The van der Waals surface area contributed by atoms with Crippen LogP contribution in [-0.4, -0.2) is 28.8 Å². The molecule has 0 saturated carbocycles. The van der Waals surface area contributed by atoms with Crippen molar-refractivity contribution in [2.24, 2.45) is 5.73 Å². The monoisotopic (exact) mass is 252 g/mol. The van der Waals surface area contributed by atoms with E-state index in [1.54, 1.807) is 4.90 Å². The van der Waals surface area contributed by atoms with E-state index in [2.05, 4.69) is 10.2 Å². The van der Waals surface area contributed by atoms with Gasteiger partial charge in [-0.15, -0.1) is 10.2 Å². The van der Waals surface area contributed by atoms with Gasteiger partial charge in [-0.05, 0) is 13.3 Å². The molecule has 0 bridgehead atoms. The van der Waals surface area contributed by atoms with E-state index in [0.29, 0.717) is 23.0 Å². The second kappa shape index (κ2) is 3.85. The summed E-state index contributed by atoms with van der Waals surface area (Å²) in [6, 6.07) is -0.00716. The minimum Gasteiger partial charge on any atom is -0.342 e. The van der Waals surface area contributed by atoms with Crippen LogP contribution in [0.3, 0.4) is 0 Å². The van der Waals surface area contributed by atoms with E-state index in [-0.39, 0.29) is 12.1 Å². The fraction of sp³-hybridized carbons (Fsp3) is 0.750. The first-order valence-corrected chi connectivity index (χ1v) is 5.64. The summed E-state index contributed by atoms with van der Waals surface area (Å²) in [6.07, 6.45) is -3.65. The molecule has 2 rings (SSSR count). The zero-order valence-electron chi connectivity index (χ0n) is 8.53. The molecule has 0 spiro atoms. The van der Waals surface area contributed by atoms with Crippen LogP contribution in [-0.2, 0) is 6.18 Å². The maximum atomic E-state index is 12.3. The van der Waals surface area contributed by atoms with Crippen molar-refractivity contribution in [2.45, 2.75) is 31.6 Å². The van der Waals surface area contributed by atoms with E-state index >= 15 is 0 Å². The van der Waals surface area contributed by atoms with Crippen LogP contribution in [0.5, 0.6) is 0 Å². The second-order valence-electron chi connectivity index (χ2n) is 3.77. The summed E-state index contributed by atoms with van der Waals surface area (Å²) in [4.78, 5) is 1.78. The molecular formula is C8H11F3N4S. The van der Waals surface area contributed by atoms with Gasteiger partial charge in [0.05, 0.1) is 0 Å². The highest BCUT2D eigenvalue weighted by atomic mass is 32.1. The number of alkyl halides is 3. The van der Waals surface area contributed by atoms with Crippen molar-refractivity contribution < 1.29 is 13.2 Å². The Labute approximate surface area is 94.3 Å². The number of hydrogen-bond acceptors (Lipinski definition) is 5. The fourth-order valence-corrected chi connectivity index (χ4v) is 2.51. The summed E-state index contributed by atoms with van der Waals surface area (Å²) in [5.74, 6) is 0. The van der Waals surface area contributed by atoms with Gasteiger partial charge in [0.25, 0.3) is 0 Å². The normalized spacial score (nSPS) is 26.4. The zero-order chi connectivity index (χ0) is 11.9. The van der Waals surface area contributed by atoms with Crippen LogP contribution < -0.4 is 10.6 Å². The van der Waals surface area contributed by atoms with Crippen molar-refractivity contribution in [3.05, 3.63) is 5.01 Å². The summed E-state index contributed by atoms with van der Waals surface area (Å²) in [7, 11) is 0. The summed E-state index contributed by atoms with van der Waals surface area (Å²) < 4.78 is 37.0. The first-order chi connectivity index (χ1) is 7.39. The van der Waals surface area contributed by atoms with Crippen molar-refractivity contribution in [1.82, 2.24) is 10.2 Å². The molecule has 1 fully saturated rings. The Morgan fingerprint density at radius 3 is 2.56 bits per heavy atom. The number of aromatic nitrogens is 2. The Bertz CT molecular complexity index is 378. The summed E-state index contributed by atoms with van der Waals surface area (Å²) in [5, 5.41) is 6.11. The predicted octanol–water partition coefficient (Wildman–Crippen LogP) is 1.48. The van der Waals surface area contributed by atoms with Crippen molar-refractivity contribution in [1.29, 1.82) is 0 Å². The van der Waals surface area contributed by atoms with Crippen LogP contribution in [0.1, 0.15) is 18.4 Å². The minimum atomic E-state index is -4.42. The lowest BCUT2D eigenvalue weighted by Gasteiger charge is -2.21. The van der Waals surface area contributed by atoms with E-state index in [9.17, 15) is 13.2 Å². The summed E-state index contributed by atoms with van der Waals surface area (Å²) in [6.45, 7) is 2.52. The van der Waals surface area contributed by atoms with E-state index in [4.69, 9.17) is 5.73 Å². The molecule has 2 unspecified atom stereocenters. The number of hydrogen-bond donors (Lipinski definition) is 1. The van der Waals surface area contributed by atoms with Gasteiger partial charge in [0.1, 0.15) is 0 Å². The van der Waals surface area contributed by atoms with Gasteiger partial charge in [-0.3, -0.25) is 0 Å². The van der Waals surface area contributed by atoms with Crippen LogP contribution in [0.25, 0.3) is 0 Å². The highest BCUT2D eigenvalue weighted by Gasteiger charge is 2.38. The minimum absolute atomic E-state index is 0.00836. The molecule has 2 N–H and O–H groups in total. The standard InChI is InChI=1S/C8H11F3N4S/c1-4-5(12)2-3-15(4)7-14-13-6(16-7)8(9,10)11/h4-5H,2-3,12H2,1H3. The molecule has 1 aliphatic heterocycles. The lowest BCUT2D eigenvalue weighted by atomic mass is 10.2. The second-order valence-corrected chi connectivity index (χ2v) is 4.73. The Morgan fingerprint density at radius 2 is 2.12 bits per heavy atom. The Morgan fingerprint density at radius 1 is 1.44 bits per heavy atom. The average Bonchev–Trinajstić information content (AvgIpc) is 2.74. The van der Waals surface area contributed by atoms with Gasteiger partial charge in [-0.1, -0.05) is 11.3 Å². The van der Waals surface area contributed by atoms with Crippen molar-refractivity contribution >= 4 is 16.5 Å². The van der Waals surface area contributed by atoms with Crippen LogP contribution in [0.15, 0.2) is 0 Å². The first-order valence-electron chi connectivity index (χ1n) is 4.82. The Kier molecular flexibility index (Phi) is 2.79. The van der Waals surface area contributed by atoms with Crippen LogP contribution in [0, 0.1) is 0 Å². The molecule has 0 aliphatic carbocycles. The number of nitrogens with zero attached hydrogens (tertiary/aromatic N) is 3. The van der Waals surface area contributed by atoms with Crippen LogP contribution >= 0.6 is 11.3 Å². The number of anilines is 1. The predicted molar refractivity (Wildman–Crippen MR) is 54.3 cm³/mol. The molecule has 1 aliphatic rings. The largest absolute Gasteiger partial charge is 0.445 e. The topological polar surface area (TPSA) is 55.0 Å². The van der Waals surface area contributed by atoms with Gasteiger partial charge >= 0.3 is 6.18 Å². The van der Waals surface area contributed by atoms with Crippen molar-refractivity contribution in [3.8, 4) is 0 Å². The molecule has 1 aromatic heterocycles. The smallest absolute Gasteiger partial charge is 0.342 e. The molecular weight excluding hydrogens is 241 g/mol. The average molecular weight is 252 g/mol. The summed E-state index contributed by atoms with van der Waals surface area (Å²) in [5.41, 5.74) is 5.79. The highest BCUT2D eigenvalue weighted by molar-refractivity contribution is 7.15. The van der Waals surface area contributed by atoms with Crippen LogP contribution in [0.2, 0.25) is 0 Å². The molecule has 4 nitrogen and oxygen atoms in total. The molecule has 0 radical (unpaired) electrons. The number of nitrogens with two attached hydrogens (primary N) is 1. The van der Waals surface area contributed by atoms with Crippen molar-refractivity contribution in [2.75, 3.05) is 11.4 Å². The lowest BCUT2D eigenvalue weighted by molar-refractivity contribution is -0.138. The number of rotatable bonds is 1. The molecule has 1 aromatic rings. The van der Waals surface area contributed by atoms with Gasteiger partial charge in [-0.25, -0.2) is 0 Å². The maximum Gasteiger partial charge on any atom is 0.445 e. The molecule has 90 valence electrons. The lowest BCUT2D eigenvalue weighted by Crippen LogP contribution is -2.36. The van der Waals surface area contributed by atoms with E-state index in [1.807, 2.05) is 6.92 Å². The quantitative estimate of drug-likeness (QED) is 0.822. The molecule has 2 heterocycles. The molecule has 16 heavy (non-hydrogen) atoms. The third-order valence-corrected chi connectivity index (χ3v) is 3.72. The first kappa shape index (κ1) is 11.6. The molecule has 8 heteroatoms. The molecule has 0 aromatic carbocycles. The van der Waals surface area contributed by atoms with Crippen molar-refractivity contribution in [3.63, 3.8) is 0 Å².